The summed E-state index contributed by atoms with van der Waals surface area (Å²) in [6.45, 7) is 6.13. The molecule has 2 fully saturated rings. The smallest absolute Gasteiger partial charge is 0.318 e. The van der Waals surface area contributed by atoms with Gasteiger partial charge in [0.05, 0.1) is 36.4 Å². The van der Waals surface area contributed by atoms with Crippen molar-refractivity contribution < 1.29 is 44.3 Å². The van der Waals surface area contributed by atoms with Gasteiger partial charge in [-0.2, -0.15) is 0 Å². The van der Waals surface area contributed by atoms with Gasteiger partial charge in [-0.15, -0.1) is 0 Å². The highest BCUT2D eigenvalue weighted by Crippen LogP contribution is 2.34. The van der Waals surface area contributed by atoms with E-state index in [0.29, 0.717) is 38.7 Å². The van der Waals surface area contributed by atoms with Gasteiger partial charge in [0.2, 0.25) is 0 Å². The van der Waals surface area contributed by atoms with Gasteiger partial charge in [-0.3, -0.25) is 15.0 Å². The molecule has 2 aliphatic rings. The van der Waals surface area contributed by atoms with Gasteiger partial charge in [0.15, 0.2) is 0 Å². The molecular weight excluding hydrogens is 594 g/mol. The Morgan fingerprint density at radius 2 is 1.39 bits per heavy atom. The van der Waals surface area contributed by atoms with E-state index in [9.17, 15) is 29.7 Å². The molecule has 0 aromatic carbocycles. The summed E-state index contributed by atoms with van der Waals surface area (Å²) in [5, 5.41) is 41.4. The average Bonchev–Trinajstić information content (AvgIpc) is 3.02. The van der Waals surface area contributed by atoms with Crippen LogP contribution in [0.4, 0.5) is 0 Å². The Hall–Kier alpha value is -1.67. The van der Waals surface area contributed by atoms with Gasteiger partial charge < -0.3 is 40.0 Å². The van der Waals surface area contributed by atoms with Gasteiger partial charge in [-0.1, -0.05) is 78.1 Å². The average molecular weight is 662 g/mol. The lowest BCUT2D eigenvalue weighted by atomic mass is 9.81. The van der Waals surface area contributed by atoms with Crippen LogP contribution >= 0.6 is 0 Å². The molecule has 0 saturated heterocycles. The fourth-order valence-corrected chi connectivity index (χ4v) is 5.83. The van der Waals surface area contributed by atoms with Crippen LogP contribution in [0.25, 0.3) is 0 Å². The first-order chi connectivity index (χ1) is 22.1. The first-order valence-corrected chi connectivity index (χ1v) is 17.7. The number of hydrogen-bond acceptors (Lipinski definition) is 10. The predicted octanol–water partition coefficient (Wildman–Crippen LogP) is 4.06. The molecule has 12 heteroatoms. The van der Waals surface area contributed by atoms with E-state index in [1.807, 2.05) is 7.05 Å². The van der Waals surface area contributed by atoms with Gasteiger partial charge in [-0.25, -0.2) is 5.43 Å². The molecule has 46 heavy (non-hydrogen) atoms. The second kappa shape index (κ2) is 29.5. The number of nitrogens with one attached hydrogen (secondary N) is 3. The van der Waals surface area contributed by atoms with Crippen molar-refractivity contribution in [1.29, 1.82) is 0 Å². The summed E-state index contributed by atoms with van der Waals surface area (Å²) in [7, 11) is 3.60. The number of rotatable bonds is 22. The normalized spacial score (nSPS) is 25.8. The molecule has 0 aromatic rings. The van der Waals surface area contributed by atoms with Crippen LogP contribution < -0.4 is 16.2 Å². The van der Waals surface area contributed by atoms with Crippen LogP contribution in [0.2, 0.25) is 0 Å². The van der Waals surface area contributed by atoms with Crippen LogP contribution in [-0.2, 0) is 23.9 Å². The van der Waals surface area contributed by atoms with Crippen molar-refractivity contribution >= 4 is 18.2 Å². The number of aliphatic carboxylic acids is 2. The summed E-state index contributed by atoms with van der Waals surface area (Å²) in [4.78, 5) is 32.7. The predicted molar refractivity (Wildman–Crippen MR) is 180 cm³/mol. The summed E-state index contributed by atoms with van der Waals surface area (Å²) in [5.41, 5.74) is 4.87. The van der Waals surface area contributed by atoms with Crippen molar-refractivity contribution in [3.8, 4) is 0 Å². The molecule has 0 bridgehead atoms. The Balaban J connectivity index is 0.00000130. The zero-order valence-corrected chi connectivity index (χ0v) is 29.1. The maximum Gasteiger partial charge on any atom is 0.318 e. The highest BCUT2D eigenvalue weighted by Gasteiger charge is 2.44. The molecule has 272 valence electrons. The molecule has 0 radical (unpaired) electrons. The van der Waals surface area contributed by atoms with Crippen LogP contribution in [0.1, 0.15) is 123 Å². The maximum atomic E-state index is 11.9. The quantitative estimate of drug-likeness (QED) is 0.0502. The first-order valence-electron chi connectivity index (χ1n) is 17.7. The Morgan fingerprint density at radius 1 is 0.783 bits per heavy atom. The van der Waals surface area contributed by atoms with Crippen LogP contribution in [0.5, 0.6) is 0 Å². The second-order valence-corrected chi connectivity index (χ2v) is 12.6. The fraction of sp³-hybridized carbons (Fsp3) is 0.912. The molecule has 0 heterocycles. The molecule has 2 rings (SSSR count). The number of aliphatic hydroxyl groups is 2. The first kappa shape index (κ1) is 44.3. The van der Waals surface area contributed by atoms with Crippen molar-refractivity contribution in [3.63, 3.8) is 0 Å². The van der Waals surface area contributed by atoms with Crippen molar-refractivity contribution in [1.82, 2.24) is 16.2 Å². The minimum Gasteiger partial charge on any atom is -0.481 e. The molecular formula is C34H67N3O9. The number of aliphatic hydroxyl groups excluding tert-OH is 2. The fourth-order valence-electron chi connectivity index (χ4n) is 5.83. The number of carboxylic acid groups (broad SMARTS) is 2. The Labute approximate surface area is 277 Å². The zero-order valence-electron chi connectivity index (χ0n) is 29.1. The van der Waals surface area contributed by atoms with E-state index in [4.69, 9.17) is 14.6 Å². The van der Waals surface area contributed by atoms with Crippen LogP contribution in [-0.4, -0.2) is 103 Å². The summed E-state index contributed by atoms with van der Waals surface area (Å²) in [6, 6.07) is 0. The van der Waals surface area contributed by atoms with E-state index >= 15 is 0 Å². The molecule has 7 N–H and O–H groups in total. The number of ether oxygens (including phenoxy) is 2. The van der Waals surface area contributed by atoms with Gasteiger partial charge in [0, 0.05) is 18.9 Å². The monoisotopic (exact) mass is 661 g/mol. The maximum absolute atomic E-state index is 11.9. The van der Waals surface area contributed by atoms with Crippen LogP contribution in [0.3, 0.4) is 0 Å². The standard InChI is InChI=1S/C26H46O7.C5H13N.C3H8N2O2/c1-2-3-4-5-6-7-8-9-10-11-12-32-21-16-23(26(30)31)25(24(29)17-21)33-22-14-19(18-27)13-20(28)15-22;1-3-4-5-6-2;1-4-5-2-3(6)7/h18-25,28-29H,2-17H2,1H3,(H,30,31);6H,3-5H2,1-2H3;4-5H,2H2,1H3,(H,6,7)/t19?,20?,21?,22?,23?,24?,25-;;/m1../s1. The Kier molecular flexibility index (Phi) is 28.4. The van der Waals surface area contributed by atoms with Crippen LogP contribution in [0, 0.1) is 11.8 Å². The molecule has 6 unspecified atom stereocenters. The van der Waals surface area contributed by atoms with E-state index < -0.39 is 42.3 Å². The number of hydrogen-bond donors (Lipinski definition) is 7. The highest BCUT2D eigenvalue weighted by atomic mass is 16.5. The number of carboxylic acids is 2. The Morgan fingerprint density at radius 3 is 1.87 bits per heavy atom. The van der Waals surface area contributed by atoms with Crippen molar-refractivity contribution in [2.75, 3.05) is 33.8 Å². The largest absolute Gasteiger partial charge is 0.481 e. The molecule has 0 amide bonds. The van der Waals surface area contributed by atoms with Crippen molar-refractivity contribution in [2.24, 2.45) is 11.8 Å². The number of hydrazine groups is 1. The minimum absolute atomic E-state index is 0.0451. The van der Waals surface area contributed by atoms with E-state index in [0.717, 1.165) is 25.7 Å². The summed E-state index contributed by atoms with van der Waals surface area (Å²) < 4.78 is 11.9. The highest BCUT2D eigenvalue weighted by molar-refractivity contribution is 5.71. The van der Waals surface area contributed by atoms with E-state index in [2.05, 4.69) is 30.0 Å². The minimum atomic E-state index is -1.01. The van der Waals surface area contributed by atoms with E-state index in [1.165, 1.54) is 64.2 Å². The molecule has 7 atom stereocenters. The summed E-state index contributed by atoms with van der Waals surface area (Å²) in [5.74, 6) is -3.02. The number of carbonyl (C=O) groups excluding carboxylic acids is 1. The van der Waals surface area contributed by atoms with Gasteiger partial charge in [0.25, 0.3) is 0 Å². The molecule has 2 aliphatic carbocycles. The third-order valence-electron chi connectivity index (χ3n) is 8.38. The van der Waals surface area contributed by atoms with E-state index in [1.54, 1.807) is 7.05 Å². The molecule has 0 spiro atoms. The van der Waals surface area contributed by atoms with Gasteiger partial charge >= 0.3 is 11.9 Å². The molecule has 2 saturated carbocycles. The van der Waals surface area contributed by atoms with Crippen molar-refractivity contribution in [2.45, 2.75) is 154 Å². The van der Waals surface area contributed by atoms with Gasteiger partial charge in [0.1, 0.15) is 12.8 Å². The number of unbranched alkanes of at least 4 members (excludes halogenated alkanes) is 10. The third kappa shape index (κ3) is 22.8. The van der Waals surface area contributed by atoms with E-state index in [-0.39, 0.29) is 18.6 Å². The summed E-state index contributed by atoms with van der Waals surface area (Å²) >= 11 is 0. The Bertz CT molecular complexity index is 757. The second-order valence-electron chi connectivity index (χ2n) is 12.6. The number of carbonyl (C=O) groups is 3. The molecule has 12 nitrogen and oxygen atoms in total. The topological polar surface area (TPSA) is 187 Å². The molecule has 0 aromatic heterocycles. The van der Waals surface area contributed by atoms with Crippen molar-refractivity contribution in [3.05, 3.63) is 0 Å². The number of aldehydes is 1. The van der Waals surface area contributed by atoms with Gasteiger partial charge in [-0.05, 0) is 59.2 Å². The molecule has 0 aliphatic heterocycles. The SMILES string of the molecule is CCCCCCCCCCCCOC1CC(O)[C@H](OC2CC(O)CC(C=O)C2)C(C(=O)O)C1.CCCCNC.CNNCC(=O)O. The lowest BCUT2D eigenvalue weighted by Gasteiger charge is -2.40. The third-order valence-corrected chi connectivity index (χ3v) is 8.38. The zero-order chi connectivity index (χ0) is 34.6. The lowest BCUT2D eigenvalue weighted by molar-refractivity contribution is -0.183. The van der Waals surface area contributed by atoms with Crippen LogP contribution in [0.15, 0.2) is 0 Å². The summed E-state index contributed by atoms with van der Waals surface area (Å²) in [6.07, 6.45) is 14.6. The lowest BCUT2D eigenvalue weighted by Crippen LogP contribution is -2.50.